The number of nitrogens with two attached hydrogens (primary N) is 1. The number of hydrogen-bond donors (Lipinski definition) is 1. The van der Waals surface area contributed by atoms with Crippen LogP contribution in [0.3, 0.4) is 0 Å². The lowest BCUT2D eigenvalue weighted by Gasteiger charge is -2.01. The fourth-order valence-electron chi connectivity index (χ4n) is 0.600. The van der Waals surface area contributed by atoms with Crippen molar-refractivity contribution in [3.05, 3.63) is 11.8 Å². The summed E-state index contributed by atoms with van der Waals surface area (Å²) in [6.45, 7) is 4.99. The Morgan fingerprint density at radius 3 is 2.33 bits per heavy atom. The maximum atomic E-state index is 11.5. The summed E-state index contributed by atoms with van der Waals surface area (Å²) in [4.78, 5) is 3.98. The fourth-order valence-corrected chi connectivity index (χ4v) is 0.600. The predicted octanol–water partition coefficient (Wildman–Crippen LogP) is 2.58. The van der Waals surface area contributed by atoms with Crippen molar-refractivity contribution in [2.24, 2.45) is 10.7 Å². The van der Waals surface area contributed by atoms with E-state index in [0.29, 0.717) is 0 Å². The Labute approximate surface area is 90.0 Å². The average molecular weight is 222 g/mol. The lowest BCUT2D eigenvalue weighted by atomic mass is 10.2. The van der Waals surface area contributed by atoms with Gasteiger partial charge in [-0.15, -0.1) is 0 Å². The predicted molar refractivity (Wildman–Crippen MR) is 59.2 cm³/mol. The Balaban J connectivity index is 0. The van der Waals surface area contributed by atoms with Crippen LogP contribution in [-0.4, -0.2) is 25.5 Å². The minimum absolute atomic E-state index is 0.0765. The molecule has 0 rings (SSSR count). The molecule has 0 radical (unpaired) electrons. The minimum atomic E-state index is -2.72. The number of nitrogens with zero attached hydrogens (tertiary/aromatic N) is 1. The van der Waals surface area contributed by atoms with Crippen molar-refractivity contribution in [3.8, 4) is 0 Å². The molecule has 0 saturated heterocycles. The van der Waals surface area contributed by atoms with Crippen LogP contribution in [0.4, 0.5) is 8.78 Å². The van der Waals surface area contributed by atoms with Crippen LogP contribution < -0.4 is 5.73 Å². The van der Waals surface area contributed by atoms with Gasteiger partial charge in [-0.2, -0.15) is 8.78 Å². The van der Waals surface area contributed by atoms with Crippen LogP contribution in [0.5, 0.6) is 0 Å². The summed E-state index contributed by atoms with van der Waals surface area (Å²) in [7, 11) is 0. The first-order valence-corrected chi connectivity index (χ1v) is 4.87. The zero-order valence-corrected chi connectivity index (χ0v) is 9.76. The second-order valence-corrected chi connectivity index (χ2v) is 2.45. The summed E-state index contributed by atoms with van der Waals surface area (Å²) in [6, 6.07) is 0. The molecule has 0 heterocycles. The quantitative estimate of drug-likeness (QED) is 0.574. The SMILES string of the molecule is CC.CC(=NCCOC(F)F)/C(C)=C\N. The van der Waals surface area contributed by atoms with Crippen LogP contribution in [0.1, 0.15) is 27.7 Å². The molecule has 90 valence electrons. The van der Waals surface area contributed by atoms with Gasteiger partial charge in [0.2, 0.25) is 0 Å². The van der Waals surface area contributed by atoms with E-state index in [0.717, 1.165) is 11.3 Å². The van der Waals surface area contributed by atoms with Gasteiger partial charge in [0.1, 0.15) is 0 Å². The van der Waals surface area contributed by atoms with Gasteiger partial charge in [0.15, 0.2) is 0 Å². The second-order valence-electron chi connectivity index (χ2n) is 2.45. The van der Waals surface area contributed by atoms with Gasteiger partial charge < -0.3 is 10.5 Å². The van der Waals surface area contributed by atoms with Crippen LogP contribution in [0.2, 0.25) is 0 Å². The lowest BCUT2D eigenvalue weighted by Crippen LogP contribution is -2.06. The second kappa shape index (κ2) is 11.1. The summed E-state index contributed by atoms with van der Waals surface area (Å²) in [5.41, 5.74) is 6.80. The molecule has 0 bridgehead atoms. The van der Waals surface area contributed by atoms with E-state index in [9.17, 15) is 8.78 Å². The molecular weight excluding hydrogens is 202 g/mol. The average Bonchev–Trinajstić information content (AvgIpc) is 2.25. The van der Waals surface area contributed by atoms with Crippen molar-refractivity contribution in [2.45, 2.75) is 34.3 Å². The van der Waals surface area contributed by atoms with Gasteiger partial charge >= 0.3 is 6.61 Å². The van der Waals surface area contributed by atoms with Crippen molar-refractivity contribution in [2.75, 3.05) is 13.2 Å². The summed E-state index contributed by atoms with van der Waals surface area (Å²) < 4.78 is 27.0. The van der Waals surface area contributed by atoms with Gasteiger partial charge in [-0.05, 0) is 25.6 Å². The molecule has 0 aliphatic heterocycles. The Morgan fingerprint density at radius 1 is 1.40 bits per heavy atom. The summed E-state index contributed by atoms with van der Waals surface area (Å²) in [5, 5.41) is 0. The van der Waals surface area contributed by atoms with E-state index < -0.39 is 6.61 Å². The molecule has 0 atom stereocenters. The number of aliphatic imine (C=N–C) groups is 1. The van der Waals surface area contributed by atoms with E-state index in [1.807, 2.05) is 13.8 Å². The van der Waals surface area contributed by atoms with Crippen LogP contribution in [-0.2, 0) is 4.74 Å². The van der Waals surface area contributed by atoms with Gasteiger partial charge in [0.25, 0.3) is 0 Å². The number of rotatable bonds is 5. The summed E-state index contributed by atoms with van der Waals surface area (Å²) in [6.07, 6.45) is 1.42. The Hall–Kier alpha value is -0.970. The third-order valence-electron chi connectivity index (χ3n) is 1.50. The number of allylic oxidation sites excluding steroid dienone is 1. The maximum Gasteiger partial charge on any atom is 0.345 e. The molecule has 0 spiro atoms. The summed E-state index contributed by atoms with van der Waals surface area (Å²) >= 11 is 0. The van der Waals surface area contributed by atoms with Gasteiger partial charge in [0.05, 0.1) is 13.2 Å². The standard InChI is InChI=1S/C8H14F2N2O.C2H6/c1-6(5-11)7(2)12-3-4-13-8(9)10;1-2/h5,8H,3-4,11H2,1-2H3;1-2H3/b6-5-,12-7?;. The highest BCUT2D eigenvalue weighted by atomic mass is 19.3. The zero-order chi connectivity index (χ0) is 12.3. The maximum absolute atomic E-state index is 11.5. The molecule has 15 heavy (non-hydrogen) atoms. The van der Waals surface area contributed by atoms with Gasteiger partial charge in [-0.1, -0.05) is 13.8 Å². The Kier molecular flexibility index (Phi) is 12.2. The van der Waals surface area contributed by atoms with Crippen molar-refractivity contribution >= 4 is 5.71 Å². The van der Waals surface area contributed by atoms with Crippen LogP contribution in [0, 0.1) is 0 Å². The van der Waals surface area contributed by atoms with Crippen LogP contribution in [0.25, 0.3) is 0 Å². The number of hydrogen-bond acceptors (Lipinski definition) is 3. The van der Waals surface area contributed by atoms with Gasteiger partial charge in [-0.3, -0.25) is 4.99 Å². The zero-order valence-electron chi connectivity index (χ0n) is 9.76. The molecule has 0 aromatic carbocycles. The van der Waals surface area contributed by atoms with E-state index in [1.54, 1.807) is 13.8 Å². The van der Waals surface area contributed by atoms with Crippen molar-refractivity contribution in [1.29, 1.82) is 0 Å². The highest BCUT2D eigenvalue weighted by Crippen LogP contribution is 1.96. The molecule has 2 N–H and O–H groups in total. The van der Waals surface area contributed by atoms with Gasteiger partial charge in [0, 0.05) is 5.71 Å². The Bertz CT molecular complexity index is 204. The number of ether oxygens (including phenoxy) is 1. The largest absolute Gasteiger partial charge is 0.404 e. The third kappa shape index (κ3) is 11.0. The molecular formula is C10H20F2N2O. The smallest absolute Gasteiger partial charge is 0.345 e. The first-order valence-electron chi connectivity index (χ1n) is 4.87. The van der Waals surface area contributed by atoms with E-state index in [-0.39, 0.29) is 13.2 Å². The molecule has 0 unspecified atom stereocenters. The van der Waals surface area contributed by atoms with Crippen molar-refractivity contribution in [1.82, 2.24) is 0 Å². The molecule has 0 aliphatic rings. The van der Waals surface area contributed by atoms with Crippen LogP contribution in [0.15, 0.2) is 16.8 Å². The van der Waals surface area contributed by atoms with Crippen molar-refractivity contribution < 1.29 is 13.5 Å². The number of halogens is 2. The molecule has 0 aliphatic carbocycles. The van der Waals surface area contributed by atoms with E-state index in [1.165, 1.54) is 6.20 Å². The molecule has 0 aromatic rings. The van der Waals surface area contributed by atoms with Crippen molar-refractivity contribution in [3.63, 3.8) is 0 Å². The molecule has 0 amide bonds. The monoisotopic (exact) mass is 222 g/mol. The van der Waals surface area contributed by atoms with E-state index in [4.69, 9.17) is 5.73 Å². The van der Waals surface area contributed by atoms with E-state index in [2.05, 4.69) is 9.73 Å². The Morgan fingerprint density at radius 2 is 1.93 bits per heavy atom. The first kappa shape index (κ1) is 16.5. The normalized spacial score (nSPS) is 12.5. The highest BCUT2D eigenvalue weighted by Gasteiger charge is 1.99. The molecule has 0 fully saturated rings. The van der Waals surface area contributed by atoms with Crippen LogP contribution >= 0.6 is 0 Å². The minimum Gasteiger partial charge on any atom is -0.404 e. The third-order valence-corrected chi connectivity index (χ3v) is 1.50. The molecule has 0 aromatic heterocycles. The highest BCUT2D eigenvalue weighted by molar-refractivity contribution is 5.97. The molecule has 5 heteroatoms. The van der Waals surface area contributed by atoms with Gasteiger partial charge in [-0.25, -0.2) is 0 Å². The fraction of sp³-hybridized carbons (Fsp3) is 0.700. The number of alkyl halides is 2. The molecule has 0 saturated carbocycles. The first-order chi connectivity index (χ1) is 7.07. The summed E-state index contributed by atoms with van der Waals surface area (Å²) in [5.74, 6) is 0. The van der Waals surface area contributed by atoms with E-state index >= 15 is 0 Å². The topological polar surface area (TPSA) is 47.6 Å². The lowest BCUT2D eigenvalue weighted by molar-refractivity contribution is -0.126. The molecule has 3 nitrogen and oxygen atoms in total.